The van der Waals surface area contributed by atoms with Crippen molar-refractivity contribution in [1.29, 1.82) is 0 Å². The van der Waals surface area contributed by atoms with Gasteiger partial charge in [0.1, 0.15) is 48.6 Å². The summed E-state index contributed by atoms with van der Waals surface area (Å²) in [6.45, 7) is 2.93. The molecule has 0 radical (unpaired) electrons. The van der Waals surface area contributed by atoms with Crippen LogP contribution in [0.4, 0.5) is 0 Å². The summed E-state index contributed by atoms with van der Waals surface area (Å²) in [7, 11) is 1.51. The van der Waals surface area contributed by atoms with Crippen LogP contribution in [0.3, 0.4) is 0 Å². The van der Waals surface area contributed by atoms with E-state index in [0.29, 0.717) is 17.1 Å². The monoisotopic (exact) mass is 792 g/mol. The minimum atomic E-state index is -1.72. The largest absolute Gasteiger partial charge is 0.497 e. The smallest absolute Gasteiger partial charge is 0.305 e. The second kappa shape index (κ2) is 20.4. The number of nitrogens with zero attached hydrogens (tertiary/aromatic N) is 3. The fraction of sp³-hybridized carbons (Fsp3) is 0.436. The molecule has 2 aliphatic heterocycles. The molecule has 1 amide bonds. The molecule has 10 atom stereocenters. The number of nitrogens with two attached hydrogens (primary N) is 1. The van der Waals surface area contributed by atoms with Crippen LogP contribution in [0.25, 0.3) is 10.4 Å². The van der Waals surface area contributed by atoms with Crippen LogP contribution in [0.15, 0.2) is 90.0 Å². The molecule has 0 saturated carbocycles. The van der Waals surface area contributed by atoms with Gasteiger partial charge < -0.3 is 53.1 Å². The normalized spacial score (nSPS) is 26.9. The molecule has 2 N–H and O–H groups in total. The summed E-state index contributed by atoms with van der Waals surface area (Å²) in [5.74, 6) is -2.44. The number of primary amides is 1. The van der Waals surface area contributed by atoms with Crippen molar-refractivity contribution in [1.82, 2.24) is 0 Å². The third-order valence-corrected chi connectivity index (χ3v) is 8.80. The molecule has 5 rings (SSSR count). The Labute approximate surface area is 327 Å². The summed E-state index contributed by atoms with van der Waals surface area (Å²) in [5, 5.41) is 4.03. The van der Waals surface area contributed by atoms with E-state index >= 15 is 0 Å². The van der Waals surface area contributed by atoms with E-state index in [9.17, 15) is 24.7 Å². The predicted molar refractivity (Wildman–Crippen MR) is 196 cm³/mol. The Hall–Kier alpha value is -5.75. The van der Waals surface area contributed by atoms with Gasteiger partial charge in [0.25, 0.3) is 0 Å². The van der Waals surface area contributed by atoms with Gasteiger partial charge in [0.2, 0.25) is 12.2 Å². The van der Waals surface area contributed by atoms with E-state index < -0.39 is 85.2 Å². The Morgan fingerprint density at radius 3 is 1.81 bits per heavy atom. The second-order valence-electron chi connectivity index (χ2n) is 12.9. The zero-order valence-electron chi connectivity index (χ0n) is 31.6. The first kappa shape index (κ1) is 42.4. The molecule has 0 aromatic heterocycles. The molecule has 0 unspecified atom stereocenters. The number of azide groups is 1. The van der Waals surface area contributed by atoms with Crippen LogP contribution in [0, 0.1) is 0 Å². The molecule has 0 spiro atoms. The van der Waals surface area contributed by atoms with Gasteiger partial charge in [0.15, 0.2) is 24.6 Å². The molecule has 57 heavy (non-hydrogen) atoms. The van der Waals surface area contributed by atoms with E-state index in [0.717, 1.165) is 19.4 Å². The number of carbonyl (C=O) groups excluding carboxylic acids is 4. The molecule has 2 aliphatic rings. The van der Waals surface area contributed by atoms with E-state index in [2.05, 4.69) is 10.0 Å². The Morgan fingerprint density at radius 2 is 1.28 bits per heavy atom. The lowest BCUT2D eigenvalue weighted by molar-refractivity contribution is -0.339. The quantitative estimate of drug-likeness (QED) is 0.0675. The highest BCUT2D eigenvalue weighted by Gasteiger charge is 2.56. The number of carbonyl (C=O) groups is 4. The van der Waals surface area contributed by atoms with Crippen LogP contribution >= 0.6 is 0 Å². The first-order chi connectivity index (χ1) is 27.5. The van der Waals surface area contributed by atoms with Gasteiger partial charge in [-0.15, -0.1) is 0 Å². The van der Waals surface area contributed by atoms with Crippen molar-refractivity contribution < 1.29 is 66.5 Å². The van der Waals surface area contributed by atoms with Crippen LogP contribution in [0.1, 0.15) is 31.9 Å². The topological polar surface area (TPSA) is 235 Å². The minimum Gasteiger partial charge on any atom is -0.497 e. The third kappa shape index (κ3) is 11.6. The first-order valence-corrected chi connectivity index (χ1v) is 17.9. The van der Waals surface area contributed by atoms with Gasteiger partial charge in [-0.1, -0.05) is 65.8 Å². The summed E-state index contributed by atoms with van der Waals surface area (Å²) < 4.78 is 59.6. The SMILES string of the molecule is COc1ccc(O[C@H]2[C@H](OCc3ccccc3)[C@@H](N=[N+]=[N-])[C@@H](O[C@H]3[C@H](OCc4ccccc4)[C@@H](OC(C)=O)[C@@H](OC(C)=O)O[C@H]3C(N)=O)O[C@@H]2COC(C)=O)cc1. The highest BCUT2D eigenvalue weighted by atomic mass is 16.8. The number of hydrogen-bond acceptors (Lipinski definition) is 15. The first-order valence-electron chi connectivity index (χ1n) is 17.9. The van der Waals surface area contributed by atoms with E-state index in [4.69, 9.17) is 53.1 Å². The maximum atomic E-state index is 13.1. The average molecular weight is 793 g/mol. The van der Waals surface area contributed by atoms with Gasteiger partial charge >= 0.3 is 17.9 Å². The molecule has 2 fully saturated rings. The molecule has 2 saturated heterocycles. The lowest BCUT2D eigenvalue weighted by atomic mass is 9.94. The maximum Gasteiger partial charge on any atom is 0.305 e. The Kier molecular flexibility index (Phi) is 15.2. The van der Waals surface area contributed by atoms with Crippen LogP contribution in [0.2, 0.25) is 0 Å². The average Bonchev–Trinajstić information content (AvgIpc) is 3.19. The van der Waals surface area contributed by atoms with E-state index in [-0.39, 0.29) is 19.8 Å². The van der Waals surface area contributed by atoms with E-state index in [1.54, 1.807) is 54.6 Å². The molecule has 304 valence electrons. The summed E-state index contributed by atoms with van der Waals surface area (Å²) in [6, 6.07) is 23.3. The lowest BCUT2D eigenvalue weighted by Crippen LogP contribution is -2.67. The lowest BCUT2D eigenvalue weighted by Gasteiger charge is -2.48. The molecule has 2 heterocycles. The van der Waals surface area contributed by atoms with Crippen LogP contribution < -0.4 is 15.2 Å². The summed E-state index contributed by atoms with van der Waals surface area (Å²) in [6.07, 6.45) is -13.0. The third-order valence-electron chi connectivity index (χ3n) is 8.80. The van der Waals surface area contributed by atoms with Crippen molar-refractivity contribution in [2.24, 2.45) is 10.8 Å². The molecule has 18 nitrogen and oxygen atoms in total. The zero-order chi connectivity index (χ0) is 40.9. The summed E-state index contributed by atoms with van der Waals surface area (Å²) in [5.41, 5.74) is 17.2. The number of benzene rings is 3. The van der Waals surface area contributed by atoms with Gasteiger partial charge in [-0.25, -0.2) is 0 Å². The van der Waals surface area contributed by atoms with Crippen LogP contribution in [0.5, 0.6) is 11.5 Å². The molecule has 18 heteroatoms. The van der Waals surface area contributed by atoms with E-state index in [1.165, 1.54) is 14.0 Å². The van der Waals surface area contributed by atoms with E-state index in [1.807, 2.05) is 30.3 Å². The molecular formula is C39H44N4O14. The van der Waals surface area contributed by atoms with Crippen molar-refractivity contribution in [3.63, 3.8) is 0 Å². The standard InChI is InChI=1S/C39H44N4O14/c1-22(44)49-21-29-31(54-28-17-15-27(48-4)16-18-28)32(50-19-25-11-7-5-8-12-25)30(42-43-41)38(55-29)56-34-33(51-20-26-13-9-6-10-14-26)36(52-23(2)45)39(53-24(3)46)57-35(34)37(40)47/h5-18,29-36,38-39H,19-21H2,1-4H3,(H2,40,47)/t29-,30-,31-,32-,33+,34+,35-,36-,38-,39+/m1/s1. The fourth-order valence-corrected chi connectivity index (χ4v) is 6.31. The molecule has 3 aromatic carbocycles. The highest BCUT2D eigenvalue weighted by Crippen LogP contribution is 2.36. The predicted octanol–water partition coefficient (Wildman–Crippen LogP) is 3.67. The number of amides is 1. The second-order valence-corrected chi connectivity index (χ2v) is 12.9. The molecule has 0 aliphatic carbocycles. The number of esters is 3. The molecular weight excluding hydrogens is 748 g/mol. The minimum absolute atomic E-state index is 0.00368. The van der Waals surface area contributed by atoms with Crippen molar-refractivity contribution in [2.45, 2.75) is 95.3 Å². The number of hydrogen-bond donors (Lipinski definition) is 1. The van der Waals surface area contributed by atoms with Crippen molar-refractivity contribution >= 4 is 23.8 Å². The zero-order valence-corrected chi connectivity index (χ0v) is 31.6. The van der Waals surface area contributed by atoms with Crippen molar-refractivity contribution in [3.05, 3.63) is 106 Å². The van der Waals surface area contributed by atoms with Crippen LogP contribution in [-0.4, -0.2) is 98.9 Å². The number of rotatable bonds is 17. The molecule has 3 aromatic rings. The number of ether oxygens (including phenoxy) is 10. The summed E-state index contributed by atoms with van der Waals surface area (Å²) in [4.78, 5) is 53.0. The summed E-state index contributed by atoms with van der Waals surface area (Å²) >= 11 is 0. The van der Waals surface area contributed by atoms with Gasteiger partial charge in [-0.2, -0.15) is 0 Å². The van der Waals surface area contributed by atoms with Gasteiger partial charge in [-0.05, 0) is 40.9 Å². The Balaban J connectivity index is 1.58. The van der Waals surface area contributed by atoms with Gasteiger partial charge in [-0.3, -0.25) is 19.2 Å². The van der Waals surface area contributed by atoms with Crippen molar-refractivity contribution in [2.75, 3.05) is 13.7 Å². The van der Waals surface area contributed by atoms with Crippen molar-refractivity contribution in [3.8, 4) is 11.5 Å². The highest BCUT2D eigenvalue weighted by molar-refractivity contribution is 5.80. The van der Waals surface area contributed by atoms with Crippen LogP contribution in [-0.2, 0) is 70.3 Å². The fourth-order valence-electron chi connectivity index (χ4n) is 6.31. The molecule has 0 bridgehead atoms. The maximum absolute atomic E-state index is 13.1. The Morgan fingerprint density at radius 1 is 0.702 bits per heavy atom. The van der Waals surface area contributed by atoms with Gasteiger partial charge in [0, 0.05) is 25.7 Å². The van der Waals surface area contributed by atoms with Gasteiger partial charge in [0.05, 0.1) is 20.3 Å². The number of methoxy groups -OCH3 is 1. The Bertz CT molecular complexity index is 1850.